The van der Waals surface area contributed by atoms with Crippen LogP contribution in [0.4, 0.5) is 5.13 Å². The zero-order valence-electron chi connectivity index (χ0n) is 13.8. The third-order valence-electron chi connectivity index (χ3n) is 4.21. The summed E-state index contributed by atoms with van der Waals surface area (Å²) in [5.74, 6) is 0. The topological polar surface area (TPSA) is 29.9 Å². The number of hydrogen-bond acceptors (Lipinski definition) is 3. The molecule has 0 aliphatic heterocycles. The molecule has 0 spiro atoms. The summed E-state index contributed by atoms with van der Waals surface area (Å²) in [4.78, 5) is 4.78. The molecule has 0 unspecified atom stereocenters. The minimum Gasteiger partial charge on any atom is -0.357 e. The van der Waals surface area contributed by atoms with Crippen LogP contribution in [0.3, 0.4) is 0 Å². The molecular formula is C20H19N3S. The highest BCUT2D eigenvalue weighted by Crippen LogP contribution is 2.32. The summed E-state index contributed by atoms with van der Waals surface area (Å²) >= 11 is 1.65. The smallest absolute Gasteiger partial charge is 0.183 e. The number of anilines is 1. The van der Waals surface area contributed by atoms with E-state index in [1.807, 2.05) is 6.07 Å². The maximum atomic E-state index is 4.78. The Labute approximate surface area is 145 Å². The van der Waals surface area contributed by atoms with Crippen molar-refractivity contribution in [2.75, 3.05) is 5.32 Å². The lowest BCUT2D eigenvalue weighted by atomic mass is 10.1. The summed E-state index contributed by atoms with van der Waals surface area (Å²) in [6, 6.07) is 17.0. The van der Waals surface area contributed by atoms with Gasteiger partial charge in [-0.2, -0.15) is 0 Å². The highest BCUT2D eigenvalue weighted by molar-refractivity contribution is 7.14. The van der Waals surface area contributed by atoms with Gasteiger partial charge >= 0.3 is 0 Å². The van der Waals surface area contributed by atoms with Crippen LogP contribution in [0.1, 0.15) is 11.1 Å². The molecule has 0 aliphatic rings. The maximum absolute atomic E-state index is 4.78. The van der Waals surface area contributed by atoms with Crippen LogP contribution >= 0.6 is 11.3 Å². The van der Waals surface area contributed by atoms with E-state index in [0.717, 1.165) is 17.4 Å². The third-order valence-corrected chi connectivity index (χ3v) is 5.01. The fraction of sp³-hybridized carbons (Fsp3) is 0.150. The van der Waals surface area contributed by atoms with Crippen molar-refractivity contribution < 1.29 is 0 Å². The van der Waals surface area contributed by atoms with Crippen molar-refractivity contribution in [1.82, 2.24) is 9.55 Å². The number of hydrogen-bond donors (Lipinski definition) is 1. The standard InChI is InChI=1S/C20H19N3S/c1-14-8-9-16-17(12-23(2)19(16)10-14)18-13-24-20(22-18)21-11-15-6-4-3-5-7-15/h3-10,12-13H,11H2,1-2H3,(H,21,22). The molecule has 0 fully saturated rings. The fourth-order valence-corrected chi connectivity index (χ4v) is 3.66. The Morgan fingerprint density at radius 2 is 1.96 bits per heavy atom. The predicted molar refractivity (Wildman–Crippen MR) is 103 cm³/mol. The van der Waals surface area contributed by atoms with Crippen LogP contribution in [0, 0.1) is 6.92 Å². The van der Waals surface area contributed by atoms with E-state index in [-0.39, 0.29) is 0 Å². The zero-order chi connectivity index (χ0) is 16.5. The normalized spacial score (nSPS) is 11.1. The van der Waals surface area contributed by atoms with Gasteiger partial charge in [0.25, 0.3) is 0 Å². The molecule has 0 radical (unpaired) electrons. The Balaban J connectivity index is 1.61. The van der Waals surface area contributed by atoms with Gasteiger partial charge in [0.2, 0.25) is 0 Å². The molecule has 0 amide bonds. The molecule has 4 aromatic rings. The molecule has 1 N–H and O–H groups in total. The minimum atomic E-state index is 0.794. The van der Waals surface area contributed by atoms with Gasteiger partial charge in [-0.3, -0.25) is 0 Å². The SMILES string of the molecule is Cc1ccc2c(-c3csc(NCc4ccccc4)n3)cn(C)c2c1. The molecule has 2 aromatic carbocycles. The van der Waals surface area contributed by atoms with Crippen LogP contribution in [-0.2, 0) is 13.6 Å². The highest BCUT2D eigenvalue weighted by Gasteiger charge is 2.12. The van der Waals surface area contributed by atoms with Crippen molar-refractivity contribution >= 4 is 27.4 Å². The second kappa shape index (κ2) is 6.13. The molecular weight excluding hydrogens is 314 g/mol. The lowest BCUT2D eigenvalue weighted by Crippen LogP contribution is -1.98. The zero-order valence-corrected chi connectivity index (χ0v) is 14.6. The van der Waals surface area contributed by atoms with Crippen molar-refractivity contribution in [3.63, 3.8) is 0 Å². The predicted octanol–water partition coefficient (Wildman–Crippen LogP) is 5.22. The van der Waals surface area contributed by atoms with Crippen molar-refractivity contribution in [2.24, 2.45) is 7.05 Å². The van der Waals surface area contributed by atoms with Crippen LogP contribution in [0.5, 0.6) is 0 Å². The number of aromatic nitrogens is 2. The first-order valence-corrected chi connectivity index (χ1v) is 8.88. The van der Waals surface area contributed by atoms with E-state index in [2.05, 4.69) is 77.9 Å². The fourth-order valence-electron chi connectivity index (χ4n) is 2.95. The molecule has 2 aromatic heterocycles. The van der Waals surface area contributed by atoms with Crippen molar-refractivity contribution in [2.45, 2.75) is 13.5 Å². The van der Waals surface area contributed by atoms with Crippen LogP contribution in [0.2, 0.25) is 0 Å². The first-order valence-electron chi connectivity index (χ1n) is 8.00. The second-order valence-corrected chi connectivity index (χ2v) is 6.91. The number of fused-ring (bicyclic) bond motifs is 1. The first-order chi connectivity index (χ1) is 11.7. The van der Waals surface area contributed by atoms with Crippen molar-refractivity contribution in [3.8, 4) is 11.3 Å². The summed E-state index contributed by atoms with van der Waals surface area (Å²) in [6.45, 7) is 2.92. The summed E-state index contributed by atoms with van der Waals surface area (Å²) in [5, 5.41) is 7.75. The quantitative estimate of drug-likeness (QED) is 0.555. The molecule has 2 heterocycles. The van der Waals surface area contributed by atoms with Gasteiger partial charge < -0.3 is 9.88 Å². The van der Waals surface area contributed by atoms with Crippen LogP contribution < -0.4 is 5.32 Å². The molecule has 0 aliphatic carbocycles. The van der Waals surface area contributed by atoms with Gasteiger partial charge in [-0.25, -0.2) is 4.98 Å². The molecule has 0 atom stereocenters. The Hall–Kier alpha value is -2.59. The number of nitrogens with zero attached hydrogens (tertiary/aromatic N) is 2. The molecule has 3 nitrogen and oxygen atoms in total. The lowest BCUT2D eigenvalue weighted by molar-refractivity contribution is 0.969. The molecule has 0 bridgehead atoms. The van der Waals surface area contributed by atoms with Crippen LogP contribution in [0.15, 0.2) is 60.1 Å². The Bertz CT molecular complexity index is 983. The molecule has 0 saturated carbocycles. The van der Waals surface area contributed by atoms with E-state index < -0.39 is 0 Å². The van der Waals surface area contributed by atoms with Crippen LogP contribution in [-0.4, -0.2) is 9.55 Å². The van der Waals surface area contributed by atoms with E-state index >= 15 is 0 Å². The van der Waals surface area contributed by atoms with E-state index in [0.29, 0.717) is 0 Å². The largest absolute Gasteiger partial charge is 0.357 e. The summed E-state index contributed by atoms with van der Waals surface area (Å²) < 4.78 is 2.17. The van der Waals surface area contributed by atoms with Gasteiger partial charge in [0, 0.05) is 41.6 Å². The van der Waals surface area contributed by atoms with Gasteiger partial charge in [-0.15, -0.1) is 11.3 Å². The van der Waals surface area contributed by atoms with E-state index in [1.165, 1.54) is 27.6 Å². The molecule has 0 saturated heterocycles. The van der Waals surface area contributed by atoms with Gasteiger partial charge in [-0.1, -0.05) is 42.5 Å². The minimum absolute atomic E-state index is 0.794. The molecule has 24 heavy (non-hydrogen) atoms. The second-order valence-electron chi connectivity index (χ2n) is 6.05. The summed E-state index contributed by atoms with van der Waals surface area (Å²) in [6.07, 6.45) is 2.17. The number of benzene rings is 2. The molecule has 120 valence electrons. The van der Waals surface area contributed by atoms with Gasteiger partial charge in [0.1, 0.15) is 0 Å². The Morgan fingerprint density at radius 3 is 2.79 bits per heavy atom. The highest BCUT2D eigenvalue weighted by atomic mass is 32.1. The number of rotatable bonds is 4. The monoisotopic (exact) mass is 333 g/mol. The first kappa shape index (κ1) is 15.0. The Morgan fingerprint density at radius 1 is 1.12 bits per heavy atom. The average molecular weight is 333 g/mol. The van der Waals surface area contributed by atoms with E-state index in [9.17, 15) is 0 Å². The van der Waals surface area contributed by atoms with Crippen molar-refractivity contribution in [3.05, 3.63) is 71.2 Å². The summed E-state index contributed by atoms with van der Waals surface area (Å²) in [5.41, 5.74) is 6.01. The third kappa shape index (κ3) is 2.81. The van der Waals surface area contributed by atoms with Crippen LogP contribution in [0.25, 0.3) is 22.2 Å². The number of thiazole rings is 1. The number of nitrogens with one attached hydrogen (secondary N) is 1. The average Bonchev–Trinajstić information content (AvgIpc) is 3.19. The number of aryl methyl sites for hydroxylation is 2. The summed E-state index contributed by atoms with van der Waals surface area (Å²) in [7, 11) is 2.09. The van der Waals surface area contributed by atoms with Gasteiger partial charge in [-0.05, 0) is 24.1 Å². The van der Waals surface area contributed by atoms with Gasteiger partial charge in [0.15, 0.2) is 5.13 Å². The van der Waals surface area contributed by atoms with E-state index in [1.54, 1.807) is 11.3 Å². The molecule has 4 rings (SSSR count). The lowest BCUT2D eigenvalue weighted by Gasteiger charge is -2.02. The maximum Gasteiger partial charge on any atom is 0.183 e. The Kier molecular flexibility index (Phi) is 3.82. The van der Waals surface area contributed by atoms with Crippen molar-refractivity contribution in [1.29, 1.82) is 0 Å². The van der Waals surface area contributed by atoms with E-state index in [4.69, 9.17) is 4.98 Å². The molecule has 4 heteroatoms. The van der Waals surface area contributed by atoms with Gasteiger partial charge in [0.05, 0.1) is 5.69 Å².